The lowest BCUT2D eigenvalue weighted by Crippen LogP contribution is -2.35. The number of hydrogen-bond acceptors (Lipinski definition) is 3. The largest absolute Gasteiger partial charge is 0.481 e. The first kappa shape index (κ1) is 17.5. The van der Waals surface area contributed by atoms with Gasteiger partial charge in [0.2, 0.25) is 0 Å². The van der Waals surface area contributed by atoms with Gasteiger partial charge >= 0.3 is 18.2 Å². The quantitative estimate of drug-likeness (QED) is 0.814. The van der Waals surface area contributed by atoms with E-state index in [1.165, 1.54) is 0 Å². The lowest BCUT2D eigenvalue weighted by atomic mass is 10.0. The van der Waals surface area contributed by atoms with Crippen LogP contribution in [-0.2, 0) is 9.53 Å². The van der Waals surface area contributed by atoms with E-state index in [-0.39, 0.29) is 6.54 Å². The second kappa shape index (κ2) is 6.63. The molecule has 0 heterocycles. The van der Waals surface area contributed by atoms with Crippen LogP contribution in [0.2, 0.25) is 0 Å². The number of hydrogen-bond donors (Lipinski definition) is 2. The average Bonchev–Trinajstić information content (AvgIpc) is 2.10. The first-order valence-electron chi connectivity index (χ1n) is 5.67. The number of carboxylic acid groups (broad SMARTS) is 1. The van der Waals surface area contributed by atoms with Gasteiger partial charge in [-0.15, -0.1) is 0 Å². The fraction of sp³-hybridized carbons (Fsp3) is 0.818. The maximum atomic E-state index is 12.5. The van der Waals surface area contributed by atoms with E-state index in [1.54, 1.807) is 20.8 Å². The van der Waals surface area contributed by atoms with Crippen LogP contribution in [-0.4, -0.2) is 35.5 Å². The molecule has 0 unspecified atom stereocenters. The van der Waals surface area contributed by atoms with Gasteiger partial charge in [0.05, 0.1) is 12.3 Å². The van der Waals surface area contributed by atoms with Crippen LogP contribution in [0.1, 0.15) is 33.6 Å². The molecule has 0 fully saturated rings. The van der Waals surface area contributed by atoms with Crippen molar-refractivity contribution in [2.45, 2.75) is 45.4 Å². The number of amides is 1. The van der Waals surface area contributed by atoms with E-state index in [0.29, 0.717) is 0 Å². The Kier molecular flexibility index (Phi) is 6.11. The molecule has 1 atom stereocenters. The molecule has 2 N–H and O–H groups in total. The Bertz CT molecular complexity index is 323. The summed E-state index contributed by atoms with van der Waals surface area (Å²) >= 11 is 0. The van der Waals surface area contributed by atoms with Gasteiger partial charge < -0.3 is 15.2 Å². The minimum absolute atomic E-state index is 0.299. The number of alkyl halides is 3. The van der Waals surface area contributed by atoms with Crippen molar-refractivity contribution in [1.82, 2.24) is 5.32 Å². The zero-order chi connectivity index (χ0) is 15.3. The molecule has 0 aromatic heterocycles. The standard InChI is InChI=1S/C11H18F3NO4/c1-10(2,3)19-9(18)15-5-4-7(6-8(16)17)11(12,13)14/h7H,4-6H2,1-3H3,(H,15,18)(H,16,17)/t7-/m1/s1. The smallest absolute Gasteiger partial charge is 0.407 e. The van der Waals surface area contributed by atoms with Crippen molar-refractivity contribution in [2.75, 3.05) is 6.54 Å². The SMILES string of the molecule is CC(C)(C)OC(=O)NCC[C@H](CC(=O)O)C(F)(F)F. The highest BCUT2D eigenvalue weighted by Gasteiger charge is 2.40. The number of carboxylic acids is 1. The zero-order valence-corrected chi connectivity index (χ0v) is 11.0. The number of ether oxygens (including phenoxy) is 1. The van der Waals surface area contributed by atoms with Crippen LogP contribution in [0.4, 0.5) is 18.0 Å². The maximum absolute atomic E-state index is 12.5. The van der Waals surface area contributed by atoms with Gasteiger partial charge in [0.15, 0.2) is 0 Å². The number of aliphatic carboxylic acids is 1. The Hall–Kier alpha value is -1.47. The molecule has 112 valence electrons. The molecule has 0 spiro atoms. The number of carbonyl (C=O) groups excluding carboxylic acids is 1. The molecule has 0 aliphatic heterocycles. The van der Waals surface area contributed by atoms with Crippen LogP contribution in [0, 0.1) is 5.92 Å². The van der Waals surface area contributed by atoms with Gasteiger partial charge in [-0.25, -0.2) is 4.79 Å². The van der Waals surface area contributed by atoms with Crippen molar-refractivity contribution in [3.63, 3.8) is 0 Å². The normalized spacial score (nSPS) is 13.8. The van der Waals surface area contributed by atoms with Crippen molar-refractivity contribution < 1.29 is 32.6 Å². The fourth-order valence-electron chi connectivity index (χ4n) is 1.25. The van der Waals surface area contributed by atoms with E-state index >= 15 is 0 Å². The summed E-state index contributed by atoms with van der Waals surface area (Å²) in [6.07, 6.45) is -6.95. The number of alkyl carbamates (subject to hydrolysis) is 1. The lowest BCUT2D eigenvalue weighted by molar-refractivity contribution is -0.184. The van der Waals surface area contributed by atoms with E-state index in [9.17, 15) is 22.8 Å². The highest BCUT2D eigenvalue weighted by atomic mass is 19.4. The molecule has 0 aromatic rings. The first-order chi connectivity index (χ1) is 8.42. The molecule has 8 heteroatoms. The van der Waals surface area contributed by atoms with E-state index in [0.717, 1.165) is 0 Å². The van der Waals surface area contributed by atoms with Gasteiger partial charge in [-0.1, -0.05) is 0 Å². The third-order valence-corrected chi connectivity index (χ3v) is 2.04. The Morgan fingerprint density at radius 2 is 1.79 bits per heavy atom. The van der Waals surface area contributed by atoms with Crippen molar-refractivity contribution in [1.29, 1.82) is 0 Å². The van der Waals surface area contributed by atoms with Gasteiger partial charge in [0.1, 0.15) is 5.60 Å². The molecule has 0 aliphatic rings. The molecular formula is C11H18F3NO4. The van der Waals surface area contributed by atoms with Gasteiger partial charge in [0.25, 0.3) is 0 Å². The Balaban J connectivity index is 4.20. The van der Waals surface area contributed by atoms with E-state index < -0.39 is 42.6 Å². The van der Waals surface area contributed by atoms with E-state index in [2.05, 4.69) is 5.32 Å². The zero-order valence-electron chi connectivity index (χ0n) is 11.0. The van der Waals surface area contributed by atoms with Crippen molar-refractivity contribution in [2.24, 2.45) is 5.92 Å². The van der Waals surface area contributed by atoms with Crippen LogP contribution in [0.5, 0.6) is 0 Å². The molecule has 0 bridgehead atoms. The lowest BCUT2D eigenvalue weighted by Gasteiger charge is -2.21. The monoisotopic (exact) mass is 285 g/mol. The number of nitrogens with one attached hydrogen (secondary N) is 1. The summed E-state index contributed by atoms with van der Waals surface area (Å²) < 4.78 is 42.2. The summed E-state index contributed by atoms with van der Waals surface area (Å²) in [7, 11) is 0. The molecule has 0 aromatic carbocycles. The average molecular weight is 285 g/mol. The van der Waals surface area contributed by atoms with Gasteiger partial charge in [-0.05, 0) is 27.2 Å². The van der Waals surface area contributed by atoms with Gasteiger partial charge in [-0.2, -0.15) is 13.2 Å². The van der Waals surface area contributed by atoms with Crippen LogP contribution in [0.15, 0.2) is 0 Å². The third-order valence-electron chi connectivity index (χ3n) is 2.04. The predicted molar refractivity (Wildman–Crippen MR) is 60.7 cm³/mol. The number of carbonyl (C=O) groups is 2. The first-order valence-corrected chi connectivity index (χ1v) is 5.67. The second-order valence-corrected chi connectivity index (χ2v) is 5.05. The minimum Gasteiger partial charge on any atom is -0.481 e. The molecule has 0 aliphatic carbocycles. The van der Waals surface area contributed by atoms with Crippen molar-refractivity contribution in [3.8, 4) is 0 Å². The number of halogens is 3. The summed E-state index contributed by atoms with van der Waals surface area (Å²) in [6, 6.07) is 0. The fourth-order valence-corrected chi connectivity index (χ4v) is 1.25. The summed E-state index contributed by atoms with van der Waals surface area (Å²) in [5.74, 6) is -3.51. The van der Waals surface area contributed by atoms with E-state index in [1.807, 2.05) is 0 Å². The predicted octanol–water partition coefficient (Wildman–Crippen LogP) is 2.55. The minimum atomic E-state index is -4.60. The highest BCUT2D eigenvalue weighted by Crippen LogP contribution is 2.31. The Labute approximate surface area is 109 Å². The topological polar surface area (TPSA) is 75.6 Å². The molecular weight excluding hydrogens is 267 g/mol. The third kappa shape index (κ3) is 9.15. The highest BCUT2D eigenvalue weighted by molar-refractivity contribution is 5.68. The molecule has 0 saturated heterocycles. The van der Waals surface area contributed by atoms with Crippen LogP contribution >= 0.6 is 0 Å². The summed E-state index contributed by atoms with van der Waals surface area (Å²) in [4.78, 5) is 21.5. The maximum Gasteiger partial charge on any atom is 0.407 e. The van der Waals surface area contributed by atoms with Crippen LogP contribution < -0.4 is 5.32 Å². The Morgan fingerprint density at radius 1 is 1.26 bits per heavy atom. The molecule has 19 heavy (non-hydrogen) atoms. The molecule has 0 saturated carbocycles. The Morgan fingerprint density at radius 3 is 2.16 bits per heavy atom. The number of rotatable bonds is 5. The molecule has 1 amide bonds. The summed E-state index contributed by atoms with van der Waals surface area (Å²) in [5, 5.41) is 10.6. The molecule has 5 nitrogen and oxygen atoms in total. The summed E-state index contributed by atoms with van der Waals surface area (Å²) in [5.41, 5.74) is -0.741. The van der Waals surface area contributed by atoms with Gasteiger partial charge in [-0.3, -0.25) is 4.79 Å². The van der Waals surface area contributed by atoms with Crippen molar-refractivity contribution in [3.05, 3.63) is 0 Å². The molecule has 0 radical (unpaired) electrons. The summed E-state index contributed by atoms with van der Waals surface area (Å²) in [6.45, 7) is 4.56. The van der Waals surface area contributed by atoms with Crippen LogP contribution in [0.25, 0.3) is 0 Å². The second-order valence-electron chi connectivity index (χ2n) is 5.05. The molecule has 0 rings (SSSR count). The van der Waals surface area contributed by atoms with Crippen molar-refractivity contribution >= 4 is 12.1 Å². The van der Waals surface area contributed by atoms with Gasteiger partial charge in [0, 0.05) is 6.54 Å². The van der Waals surface area contributed by atoms with Crippen LogP contribution in [0.3, 0.4) is 0 Å². The van der Waals surface area contributed by atoms with E-state index in [4.69, 9.17) is 9.84 Å².